The van der Waals surface area contributed by atoms with Crippen LogP contribution < -0.4 is 0 Å². The fourth-order valence-electron chi connectivity index (χ4n) is 2.92. The molecule has 0 aliphatic carbocycles. The molecule has 148 valence electrons. The molecule has 0 radical (unpaired) electrons. The van der Waals surface area contributed by atoms with Crippen LogP contribution in [0, 0.1) is 17.0 Å². The molecule has 0 saturated heterocycles. The molecule has 0 atom stereocenters. The van der Waals surface area contributed by atoms with Crippen molar-refractivity contribution in [3.8, 4) is 11.3 Å². The second-order valence-corrected chi connectivity index (χ2v) is 6.89. The van der Waals surface area contributed by atoms with Crippen LogP contribution in [0.5, 0.6) is 0 Å². The predicted molar refractivity (Wildman–Crippen MR) is 109 cm³/mol. The van der Waals surface area contributed by atoms with Crippen LogP contribution in [0.15, 0.2) is 54.7 Å². The van der Waals surface area contributed by atoms with Crippen molar-refractivity contribution in [2.24, 2.45) is 0 Å². The molecule has 0 unspecified atom stereocenters. The number of hydrogen-bond donors (Lipinski definition) is 0. The quantitative estimate of drug-likeness (QED) is 0.339. The van der Waals surface area contributed by atoms with Gasteiger partial charge in [0.05, 0.1) is 4.92 Å². The molecule has 0 N–H and O–H groups in total. The van der Waals surface area contributed by atoms with Gasteiger partial charge in [-0.2, -0.15) is 0 Å². The highest BCUT2D eigenvalue weighted by atomic mass is 16.6. The van der Waals surface area contributed by atoms with Gasteiger partial charge in [0.1, 0.15) is 17.9 Å². The largest absolute Gasteiger partial charge is 0.457 e. The molecule has 0 saturated carbocycles. The number of hydrogen-bond acceptors (Lipinski definition) is 6. The Balaban J connectivity index is 1.87. The highest BCUT2D eigenvalue weighted by Gasteiger charge is 2.27. The first-order chi connectivity index (χ1) is 13.9. The standard InChI is InChI=1S/C22H21N3O4/c1-14(2)19-10-9-17(15(3)24-19)13-29-22(26)18-11-12-23-20(21(18)25(27)28)16-7-5-4-6-8-16/h4-12,14H,13H2,1-3H3. The van der Waals surface area contributed by atoms with E-state index in [4.69, 9.17) is 4.74 Å². The summed E-state index contributed by atoms with van der Waals surface area (Å²) in [5, 5.41) is 11.7. The van der Waals surface area contributed by atoms with Gasteiger partial charge in [0.15, 0.2) is 0 Å². The summed E-state index contributed by atoms with van der Waals surface area (Å²) >= 11 is 0. The number of carbonyl (C=O) groups is 1. The van der Waals surface area contributed by atoms with Crippen molar-refractivity contribution in [1.82, 2.24) is 9.97 Å². The minimum atomic E-state index is -0.774. The fourth-order valence-corrected chi connectivity index (χ4v) is 2.92. The first-order valence-corrected chi connectivity index (χ1v) is 9.21. The van der Waals surface area contributed by atoms with Gasteiger partial charge in [0, 0.05) is 28.7 Å². The maximum Gasteiger partial charge on any atom is 0.345 e. The maximum absolute atomic E-state index is 12.6. The van der Waals surface area contributed by atoms with Crippen LogP contribution in [-0.2, 0) is 11.3 Å². The van der Waals surface area contributed by atoms with Gasteiger partial charge in [-0.25, -0.2) is 9.78 Å². The molecule has 0 bridgehead atoms. The van der Waals surface area contributed by atoms with Crippen molar-refractivity contribution in [2.45, 2.75) is 33.3 Å². The summed E-state index contributed by atoms with van der Waals surface area (Å²) in [5.74, 6) is -0.482. The smallest absolute Gasteiger partial charge is 0.345 e. The summed E-state index contributed by atoms with van der Waals surface area (Å²) in [6.07, 6.45) is 1.37. The number of nitrogens with zero attached hydrogens (tertiary/aromatic N) is 3. The molecule has 0 amide bonds. The van der Waals surface area contributed by atoms with Gasteiger partial charge < -0.3 is 4.74 Å². The monoisotopic (exact) mass is 391 g/mol. The van der Waals surface area contributed by atoms with E-state index in [-0.39, 0.29) is 23.6 Å². The molecule has 2 aromatic heterocycles. The minimum absolute atomic E-state index is 0.0177. The molecule has 0 aliphatic heterocycles. The van der Waals surface area contributed by atoms with Crippen LogP contribution in [0.3, 0.4) is 0 Å². The number of rotatable bonds is 6. The Morgan fingerprint density at radius 2 is 1.86 bits per heavy atom. The van der Waals surface area contributed by atoms with Gasteiger partial charge >= 0.3 is 11.7 Å². The van der Waals surface area contributed by atoms with E-state index < -0.39 is 10.9 Å². The van der Waals surface area contributed by atoms with Crippen molar-refractivity contribution in [1.29, 1.82) is 0 Å². The first kappa shape index (κ1) is 20.1. The Morgan fingerprint density at radius 3 is 2.48 bits per heavy atom. The lowest BCUT2D eigenvalue weighted by atomic mass is 10.1. The van der Waals surface area contributed by atoms with E-state index in [1.807, 2.05) is 32.9 Å². The molecule has 2 heterocycles. The Bertz CT molecular complexity index is 1050. The van der Waals surface area contributed by atoms with Crippen molar-refractivity contribution in [3.05, 3.63) is 87.4 Å². The third-order valence-electron chi connectivity index (χ3n) is 4.54. The van der Waals surface area contributed by atoms with Gasteiger partial charge in [-0.3, -0.25) is 15.1 Å². The summed E-state index contributed by atoms with van der Waals surface area (Å²) in [5.41, 5.74) is 2.65. The number of esters is 1. The van der Waals surface area contributed by atoms with Gasteiger partial charge in [-0.15, -0.1) is 0 Å². The predicted octanol–water partition coefficient (Wildman–Crippen LogP) is 4.84. The van der Waals surface area contributed by atoms with E-state index in [1.54, 1.807) is 30.3 Å². The molecule has 3 rings (SSSR count). The summed E-state index contributed by atoms with van der Waals surface area (Å²) in [6.45, 7) is 5.93. The molecule has 7 nitrogen and oxygen atoms in total. The second kappa shape index (κ2) is 8.60. The van der Waals surface area contributed by atoms with Crippen molar-refractivity contribution in [3.63, 3.8) is 0 Å². The average molecular weight is 391 g/mol. The topological polar surface area (TPSA) is 95.2 Å². The number of aryl methyl sites for hydroxylation is 1. The van der Waals surface area contributed by atoms with E-state index >= 15 is 0 Å². The molecule has 29 heavy (non-hydrogen) atoms. The number of aromatic nitrogens is 2. The summed E-state index contributed by atoms with van der Waals surface area (Å²) in [6, 6.07) is 13.8. The van der Waals surface area contributed by atoms with Gasteiger partial charge in [-0.1, -0.05) is 50.2 Å². The molecule has 0 aliphatic rings. The number of ether oxygens (including phenoxy) is 1. The zero-order chi connectivity index (χ0) is 21.0. The van der Waals surface area contributed by atoms with Crippen molar-refractivity contribution in [2.75, 3.05) is 0 Å². The van der Waals surface area contributed by atoms with Crippen molar-refractivity contribution >= 4 is 11.7 Å². The fraction of sp³-hybridized carbons (Fsp3) is 0.227. The molecule has 1 aromatic carbocycles. The zero-order valence-electron chi connectivity index (χ0n) is 16.5. The first-order valence-electron chi connectivity index (χ1n) is 9.21. The third kappa shape index (κ3) is 4.45. The van der Waals surface area contributed by atoms with Gasteiger partial charge in [-0.05, 0) is 25.0 Å². The number of carbonyl (C=O) groups excluding carboxylic acids is 1. The summed E-state index contributed by atoms with van der Waals surface area (Å²) < 4.78 is 5.37. The lowest BCUT2D eigenvalue weighted by Crippen LogP contribution is -2.11. The van der Waals surface area contributed by atoms with Crippen LogP contribution >= 0.6 is 0 Å². The molecule has 0 fully saturated rings. The lowest BCUT2D eigenvalue weighted by molar-refractivity contribution is -0.384. The van der Waals surface area contributed by atoms with E-state index in [0.29, 0.717) is 11.5 Å². The zero-order valence-corrected chi connectivity index (χ0v) is 16.5. The van der Waals surface area contributed by atoms with Crippen molar-refractivity contribution < 1.29 is 14.5 Å². The van der Waals surface area contributed by atoms with Crippen LogP contribution in [-0.4, -0.2) is 20.9 Å². The van der Waals surface area contributed by atoms with Gasteiger partial charge in [0.2, 0.25) is 0 Å². The van der Waals surface area contributed by atoms with E-state index in [1.165, 1.54) is 12.3 Å². The number of benzene rings is 1. The van der Waals surface area contributed by atoms with Gasteiger partial charge in [0.25, 0.3) is 0 Å². The Kier molecular flexibility index (Phi) is 5.97. The lowest BCUT2D eigenvalue weighted by Gasteiger charge is -2.11. The molecule has 0 spiro atoms. The molecular weight excluding hydrogens is 370 g/mol. The SMILES string of the molecule is Cc1nc(C(C)C)ccc1COC(=O)c1ccnc(-c2ccccc2)c1[N+](=O)[O-]. The Labute approximate surface area is 168 Å². The van der Waals surface area contributed by atoms with E-state index in [0.717, 1.165) is 17.0 Å². The summed E-state index contributed by atoms with van der Waals surface area (Å²) in [7, 11) is 0. The summed E-state index contributed by atoms with van der Waals surface area (Å²) in [4.78, 5) is 32.4. The highest BCUT2D eigenvalue weighted by molar-refractivity contribution is 5.96. The minimum Gasteiger partial charge on any atom is -0.457 e. The normalized spacial score (nSPS) is 10.8. The molecular formula is C22H21N3O4. The van der Waals surface area contributed by atoms with Crippen LogP contribution in [0.4, 0.5) is 5.69 Å². The highest BCUT2D eigenvalue weighted by Crippen LogP contribution is 2.31. The molecule has 3 aromatic rings. The third-order valence-corrected chi connectivity index (χ3v) is 4.54. The Hall–Kier alpha value is -3.61. The van der Waals surface area contributed by atoms with Crippen LogP contribution in [0.2, 0.25) is 0 Å². The second-order valence-electron chi connectivity index (χ2n) is 6.89. The van der Waals surface area contributed by atoms with Crippen LogP contribution in [0.1, 0.15) is 47.1 Å². The van der Waals surface area contributed by atoms with E-state index in [2.05, 4.69) is 9.97 Å². The van der Waals surface area contributed by atoms with E-state index in [9.17, 15) is 14.9 Å². The number of nitro groups is 1. The van der Waals surface area contributed by atoms with Crippen LogP contribution in [0.25, 0.3) is 11.3 Å². The number of pyridine rings is 2. The molecule has 7 heteroatoms. The Morgan fingerprint density at radius 1 is 1.14 bits per heavy atom. The maximum atomic E-state index is 12.6. The average Bonchev–Trinajstić information content (AvgIpc) is 2.72.